The summed E-state index contributed by atoms with van der Waals surface area (Å²) in [5.41, 5.74) is 0.791. The van der Waals surface area contributed by atoms with Gasteiger partial charge < -0.3 is 19.2 Å². The number of carbonyl (C=O) groups excluding carboxylic acids is 1. The molecule has 0 unspecified atom stereocenters. The summed E-state index contributed by atoms with van der Waals surface area (Å²) in [7, 11) is 0. The van der Waals surface area contributed by atoms with Gasteiger partial charge in [0.25, 0.3) is 0 Å². The third kappa shape index (κ3) is 2.96. The van der Waals surface area contributed by atoms with Crippen LogP contribution < -0.4 is 0 Å². The summed E-state index contributed by atoms with van der Waals surface area (Å²) in [4.78, 5) is 24.8. The fourth-order valence-electron chi connectivity index (χ4n) is 2.64. The predicted octanol–water partition coefficient (Wildman–Crippen LogP) is 1.68. The first-order valence-corrected chi connectivity index (χ1v) is 7.22. The average Bonchev–Trinajstić information content (AvgIpc) is 2.95. The number of hydrogen-bond donors (Lipinski definition) is 1. The first-order valence-electron chi connectivity index (χ1n) is 7.22. The fourth-order valence-corrected chi connectivity index (χ4v) is 2.64. The van der Waals surface area contributed by atoms with E-state index in [-0.39, 0.29) is 18.9 Å². The number of furan rings is 1. The lowest BCUT2D eigenvalue weighted by molar-refractivity contribution is -0.158. The quantitative estimate of drug-likeness (QED) is 0.929. The molecule has 2 aromatic rings. The van der Waals surface area contributed by atoms with E-state index in [1.54, 1.807) is 0 Å². The van der Waals surface area contributed by atoms with Gasteiger partial charge in [-0.3, -0.25) is 4.79 Å². The van der Waals surface area contributed by atoms with Gasteiger partial charge in [-0.25, -0.2) is 4.79 Å². The third-order valence-corrected chi connectivity index (χ3v) is 3.80. The number of morpholine rings is 1. The van der Waals surface area contributed by atoms with E-state index in [4.69, 9.17) is 14.3 Å². The van der Waals surface area contributed by atoms with Gasteiger partial charge in [0.05, 0.1) is 13.2 Å². The van der Waals surface area contributed by atoms with E-state index in [1.807, 2.05) is 30.3 Å². The summed E-state index contributed by atoms with van der Waals surface area (Å²) >= 11 is 0. The van der Waals surface area contributed by atoms with Gasteiger partial charge in [-0.2, -0.15) is 0 Å². The molecule has 6 heteroatoms. The van der Waals surface area contributed by atoms with E-state index >= 15 is 0 Å². The molecule has 1 aromatic carbocycles. The Balaban J connectivity index is 1.64. The number of hydrogen-bond acceptors (Lipinski definition) is 4. The van der Waals surface area contributed by atoms with Crippen LogP contribution in [0.1, 0.15) is 12.2 Å². The molecule has 0 bridgehead atoms. The molecule has 0 saturated carbocycles. The standard InChI is InChI=1S/C16H17NO5/c18-15(17-7-8-21-10-13(17)16(19)20)6-5-12-9-11-3-1-2-4-14(11)22-12/h1-4,9,13H,5-8,10H2,(H,19,20)/t13-/m1/s1. The van der Waals surface area contributed by atoms with Crippen LogP contribution in [0, 0.1) is 0 Å². The van der Waals surface area contributed by atoms with Crippen LogP contribution in [-0.4, -0.2) is 47.7 Å². The number of ether oxygens (including phenoxy) is 1. The molecule has 0 spiro atoms. The van der Waals surface area contributed by atoms with Crippen LogP contribution in [0.5, 0.6) is 0 Å². The topological polar surface area (TPSA) is 80.0 Å². The van der Waals surface area contributed by atoms with E-state index in [2.05, 4.69) is 0 Å². The van der Waals surface area contributed by atoms with Gasteiger partial charge in [0.15, 0.2) is 6.04 Å². The van der Waals surface area contributed by atoms with Gasteiger partial charge in [0.2, 0.25) is 5.91 Å². The number of amides is 1. The Kier molecular flexibility index (Phi) is 4.11. The highest BCUT2D eigenvalue weighted by Crippen LogP contribution is 2.20. The minimum atomic E-state index is -1.03. The van der Waals surface area contributed by atoms with Gasteiger partial charge in [0.1, 0.15) is 11.3 Å². The van der Waals surface area contributed by atoms with Crippen LogP contribution in [0.15, 0.2) is 34.7 Å². The summed E-state index contributed by atoms with van der Waals surface area (Å²) < 4.78 is 10.8. The number of para-hydroxylation sites is 1. The second kappa shape index (κ2) is 6.19. The van der Waals surface area contributed by atoms with Gasteiger partial charge in [-0.1, -0.05) is 18.2 Å². The maximum absolute atomic E-state index is 12.3. The lowest BCUT2D eigenvalue weighted by atomic mass is 10.1. The largest absolute Gasteiger partial charge is 0.480 e. The minimum absolute atomic E-state index is 0.0473. The van der Waals surface area contributed by atoms with Gasteiger partial charge >= 0.3 is 5.97 Å². The first-order chi connectivity index (χ1) is 10.6. The molecule has 0 aliphatic carbocycles. The number of nitrogens with zero attached hydrogens (tertiary/aromatic N) is 1. The number of aliphatic carboxylic acids is 1. The number of fused-ring (bicyclic) bond motifs is 1. The molecule has 1 aliphatic heterocycles. The SMILES string of the molecule is O=C(O)[C@H]1COCCN1C(=O)CCc1cc2ccccc2o1. The zero-order chi connectivity index (χ0) is 15.5. The van der Waals surface area contributed by atoms with E-state index in [9.17, 15) is 9.59 Å². The number of carboxylic acids is 1. The second-order valence-electron chi connectivity index (χ2n) is 5.27. The van der Waals surface area contributed by atoms with Crippen molar-refractivity contribution in [1.82, 2.24) is 4.90 Å². The van der Waals surface area contributed by atoms with Crippen molar-refractivity contribution in [3.05, 3.63) is 36.1 Å². The highest BCUT2D eigenvalue weighted by Gasteiger charge is 2.32. The summed E-state index contributed by atoms with van der Waals surface area (Å²) in [5.74, 6) is -0.484. The van der Waals surface area contributed by atoms with Crippen LogP contribution in [0.2, 0.25) is 0 Å². The van der Waals surface area contributed by atoms with Crippen molar-refractivity contribution in [3.63, 3.8) is 0 Å². The third-order valence-electron chi connectivity index (χ3n) is 3.80. The average molecular weight is 303 g/mol. The summed E-state index contributed by atoms with van der Waals surface area (Å²) in [6.45, 7) is 0.738. The van der Waals surface area contributed by atoms with Crippen molar-refractivity contribution in [2.24, 2.45) is 0 Å². The van der Waals surface area contributed by atoms with Crippen molar-refractivity contribution in [1.29, 1.82) is 0 Å². The zero-order valence-electron chi connectivity index (χ0n) is 12.0. The molecular weight excluding hydrogens is 286 g/mol. The molecule has 1 aliphatic rings. The van der Waals surface area contributed by atoms with Crippen molar-refractivity contribution in [2.45, 2.75) is 18.9 Å². The lowest BCUT2D eigenvalue weighted by Crippen LogP contribution is -2.52. The Bertz CT molecular complexity index is 660. The molecule has 116 valence electrons. The maximum atomic E-state index is 12.3. The van der Waals surface area contributed by atoms with Crippen molar-refractivity contribution < 1.29 is 23.8 Å². The number of aryl methyl sites for hydroxylation is 1. The summed E-state index contributed by atoms with van der Waals surface area (Å²) in [5, 5.41) is 10.1. The number of carboxylic acid groups (broad SMARTS) is 1. The molecule has 0 radical (unpaired) electrons. The lowest BCUT2D eigenvalue weighted by Gasteiger charge is -2.32. The van der Waals surface area contributed by atoms with Gasteiger partial charge in [-0.15, -0.1) is 0 Å². The summed E-state index contributed by atoms with van der Waals surface area (Å²) in [6.07, 6.45) is 0.681. The van der Waals surface area contributed by atoms with Gasteiger partial charge in [-0.05, 0) is 12.1 Å². The normalized spacial score (nSPS) is 18.5. The number of benzene rings is 1. The van der Waals surface area contributed by atoms with E-state index in [1.165, 1.54) is 4.90 Å². The van der Waals surface area contributed by atoms with E-state index in [0.717, 1.165) is 16.7 Å². The van der Waals surface area contributed by atoms with Gasteiger partial charge in [0, 0.05) is 24.8 Å². The molecule has 2 heterocycles. The minimum Gasteiger partial charge on any atom is -0.480 e. The Labute approximate surface area is 127 Å². The maximum Gasteiger partial charge on any atom is 0.328 e. The molecule has 6 nitrogen and oxygen atoms in total. The Morgan fingerprint density at radius 2 is 2.14 bits per heavy atom. The summed E-state index contributed by atoms with van der Waals surface area (Å²) in [6, 6.07) is 8.67. The fraction of sp³-hybridized carbons (Fsp3) is 0.375. The highest BCUT2D eigenvalue weighted by atomic mass is 16.5. The second-order valence-corrected chi connectivity index (χ2v) is 5.27. The van der Waals surface area contributed by atoms with E-state index in [0.29, 0.717) is 19.6 Å². The van der Waals surface area contributed by atoms with Crippen molar-refractivity contribution >= 4 is 22.8 Å². The zero-order valence-corrected chi connectivity index (χ0v) is 12.0. The van der Waals surface area contributed by atoms with Crippen LogP contribution in [0.4, 0.5) is 0 Å². The Hall–Kier alpha value is -2.34. The predicted molar refractivity (Wildman–Crippen MR) is 78.5 cm³/mol. The number of carbonyl (C=O) groups is 2. The molecule has 1 aromatic heterocycles. The molecule has 1 amide bonds. The molecule has 22 heavy (non-hydrogen) atoms. The molecular formula is C16H17NO5. The van der Waals surface area contributed by atoms with Crippen molar-refractivity contribution in [2.75, 3.05) is 19.8 Å². The van der Waals surface area contributed by atoms with Crippen LogP contribution in [0.3, 0.4) is 0 Å². The van der Waals surface area contributed by atoms with Crippen LogP contribution >= 0.6 is 0 Å². The molecule has 1 fully saturated rings. The van der Waals surface area contributed by atoms with Crippen LogP contribution in [-0.2, 0) is 20.7 Å². The van der Waals surface area contributed by atoms with Crippen LogP contribution in [0.25, 0.3) is 11.0 Å². The first kappa shape index (κ1) is 14.6. The Morgan fingerprint density at radius 1 is 1.32 bits per heavy atom. The van der Waals surface area contributed by atoms with E-state index < -0.39 is 12.0 Å². The molecule has 1 N–H and O–H groups in total. The Morgan fingerprint density at radius 3 is 2.91 bits per heavy atom. The number of rotatable bonds is 4. The highest BCUT2D eigenvalue weighted by molar-refractivity contribution is 5.84. The monoisotopic (exact) mass is 303 g/mol. The molecule has 3 rings (SSSR count). The molecule has 1 atom stereocenters. The molecule has 1 saturated heterocycles. The smallest absolute Gasteiger partial charge is 0.328 e. The van der Waals surface area contributed by atoms with Crippen molar-refractivity contribution in [3.8, 4) is 0 Å².